The summed E-state index contributed by atoms with van der Waals surface area (Å²) in [6.45, 7) is 4.77. The van der Waals surface area contributed by atoms with E-state index in [9.17, 15) is 48.6 Å². The maximum Gasteiger partial charge on any atom is 0.338 e. The minimum atomic E-state index is -3.18. The van der Waals surface area contributed by atoms with Gasteiger partial charge in [0, 0.05) is 59.6 Å². The van der Waals surface area contributed by atoms with Crippen LogP contribution in [0.15, 0.2) is 121 Å². The van der Waals surface area contributed by atoms with Crippen LogP contribution >= 0.6 is 0 Å². The molecule has 518 valence electrons. The van der Waals surface area contributed by atoms with Gasteiger partial charge in [0.15, 0.2) is 68.1 Å². The zero-order chi connectivity index (χ0) is 68.4. The van der Waals surface area contributed by atoms with Crippen molar-refractivity contribution in [1.29, 1.82) is 0 Å². The van der Waals surface area contributed by atoms with E-state index in [1.165, 1.54) is 12.1 Å². The maximum absolute atomic E-state index is 14.9. The van der Waals surface area contributed by atoms with Crippen LogP contribution in [0, 0.1) is 0 Å². The molecule has 6 aliphatic rings. The number of ether oxygens (including phenoxy) is 20. The Morgan fingerprint density at radius 1 is 0.417 bits per heavy atom. The molecule has 96 heavy (non-hydrogen) atoms. The molecular weight excluding hydrogens is 1270 g/mol. The number of fused-ring (bicyclic) bond motifs is 2. The first-order chi connectivity index (χ1) is 46.0. The molecule has 0 spiro atoms. The Morgan fingerprint density at radius 3 is 1.32 bits per heavy atom. The Bertz CT molecular complexity index is 3300. The van der Waals surface area contributed by atoms with E-state index in [0.29, 0.717) is 16.7 Å². The molecule has 10 rings (SSSR count). The van der Waals surface area contributed by atoms with Gasteiger partial charge >= 0.3 is 47.8 Å². The van der Waals surface area contributed by atoms with Gasteiger partial charge in [-0.3, -0.25) is 33.6 Å². The van der Waals surface area contributed by atoms with Gasteiger partial charge in [0.25, 0.3) is 0 Å². The average Bonchev–Trinajstić information content (AvgIpc) is 0.750. The highest BCUT2D eigenvalue weighted by molar-refractivity contribution is 5.89. The van der Waals surface area contributed by atoms with E-state index >= 15 is 0 Å². The first kappa shape index (κ1) is 70.9. The third kappa shape index (κ3) is 17.4. The number of carbonyl (C=O) groups is 8. The molecule has 9 unspecified atom stereocenters. The van der Waals surface area contributed by atoms with Crippen LogP contribution in [0.5, 0.6) is 0 Å². The largest absolute Gasteiger partial charge is 0.463 e. The lowest BCUT2D eigenvalue weighted by atomic mass is 9.93. The lowest BCUT2D eigenvalue weighted by molar-refractivity contribution is -0.460. The monoisotopic (exact) mass is 1350 g/mol. The van der Waals surface area contributed by atoms with Gasteiger partial charge in [-0.15, -0.1) is 0 Å². The Labute approximate surface area is 549 Å². The third-order valence-corrected chi connectivity index (χ3v) is 15.8. The molecule has 0 aromatic heterocycles. The van der Waals surface area contributed by atoms with Crippen molar-refractivity contribution in [3.05, 3.63) is 144 Å². The highest BCUT2D eigenvalue weighted by Crippen LogP contribution is 2.45. The zero-order valence-electron chi connectivity index (χ0n) is 53.0. The number of esters is 8. The molecule has 6 saturated heterocycles. The van der Waals surface area contributed by atoms with Gasteiger partial charge in [-0.2, -0.15) is 0 Å². The van der Waals surface area contributed by atoms with E-state index in [4.69, 9.17) is 94.7 Å². The van der Waals surface area contributed by atoms with Gasteiger partial charge in [-0.25, -0.2) is 4.79 Å². The number of benzene rings is 4. The summed E-state index contributed by atoms with van der Waals surface area (Å²) in [7, 11) is 0. The highest BCUT2D eigenvalue weighted by Gasteiger charge is 2.64. The molecule has 30 nitrogen and oxygen atoms in total. The Hall–Kier alpha value is -7.92. The van der Waals surface area contributed by atoms with Crippen LogP contribution in [0.4, 0.5) is 0 Å². The quantitative estimate of drug-likeness (QED) is 0.0648. The van der Waals surface area contributed by atoms with E-state index in [1.54, 1.807) is 109 Å². The van der Waals surface area contributed by atoms with Crippen LogP contribution < -0.4 is 0 Å². The number of carbonyl (C=O) groups excluding carboxylic acids is 8. The second kappa shape index (κ2) is 32.0. The summed E-state index contributed by atoms with van der Waals surface area (Å²) in [5.74, 6) is -11.0. The Kier molecular flexibility index (Phi) is 23.6. The summed E-state index contributed by atoms with van der Waals surface area (Å²) in [6.07, 6.45) is -36.6. The second-order valence-electron chi connectivity index (χ2n) is 23.0. The molecule has 0 bridgehead atoms. The lowest BCUT2D eigenvalue weighted by Crippen LogP contribution is -2.72. The van der Waals surface area contributed by atoms with E-state index in [0.717, 1.165) is 48.5 Å². The van der Waals surface area contributed by atoms with Crippen LogP contribution in [-0.2, 0) is 135 Å². The standard InChI is InChI=1S/C66H74O30/c1-33(67)77-29-44-48(82-35(3)69)52(84-37(5)71)55(85-38(6)72)62(87-44)94-53-49(83-36(4)70)45(30-78-34(2)68)88-63(56(53)86-39(7)73)95-54-50-46(31-79-60(92-50)42-24-16-10-17-25-42)89-64(57(54)91-59(74)41-22-14-9-15-23-41)96-58-51-47(32-80-61(93-51)43-26-18-11-19-27-43)90-65(66(58,75)76)81-28-40-20-12-8-13-21-40/h8-27,44-58,60-65,75-76H,28-32H2,1-7H3/t44?,45?,46?,47?,48-,49-,50-,51-,52+,53+,54+,55?,56?,57?,58+,60?,61?,62+,63+,64+,65+/m1/s1. The summed E-state index contributed by atoms with van der Waals surface area (Å²) >= 11 is 0. The SMILES string of the molecule is CC(=O)OCC1O[C@@H](O[C@@H]2C(OC(C)=O)[C@H](O[C@@H]3C(OC(=O)c4ccccc4)[C@H](O[C@H]4[C@@H]5OC(c6ccccc6)OCC5O[C@H](OCc5ccccc5)C4(O)O)OC4COC(c5ccccc5)O[C@H]43)OC(COC(C)=O)[C@H]2OC(C)=O)C(OC(C)=O)[C@@H](OC(C)=O)[C@@H]1OC(C)=O. The average molecular weight is 1350 g/mol. The molecule has 4 aromatic carbocycles. The molecule has 6 aliphatic heterocycles. The second-order valence-corrected chi connectivity index (χ2v) is 23.0. The van der Waals surface area contributed by atoms with Crippen LogP contribution in [0.2, 0.25) is 0 Å². The third-order valence-electron chi connectivity index (χ3n) is 15.8. The van der Waals surface area contributed by atoms with Crippen LogP contribution in [0.3, 0.4) is 0 Å². The summed E-state index contributed by atoms with van der Waals surface area (Å²) in [5.41, 5.74) is 1.60. The van der Waals surface area contributed by atoms with Crippen molar-refractivity contribution in [2.45, 2.75) is 190 Å². The van der Waals surface area contributed by atoms with Gasteiger partial charge < -0.3 is 105 Å². The van der Waals surface area contributed by atoms with Gasteiger partial charge in [-0.1, -0.05) is 109 Å². The van der Waals surface area contributed by atoms with Crippen molar-refractivity contribution in [2.75, 3.05) is 26.4 Å². The molecule has 6 heterocycles. The van der Waals surface area contributed by atoms with Crippen molar-refractivity contribution in [3.8, 4) is 0 Å². The predicted molar refractivity (Wildman–Crippen MR) is 314 cm³/mol. The molecule has 21 atom stereocenters. The molecule has 0 amide bonds. The number of rotatable bonds is 22. The smallest absolute Gasteiger partial charge is 0.338 e. The van der Waals surface area contributed by atoms with Crippen molar-refractivity contribution in [3.63, 3.8) is 0 Å². The van der Waals surface area contributed by atoms with Crippen LogP contribution in [0.1, 0.15) is 88.1 Å². The Morgan fingerprint density at radius 2 is 0.823 bits per heavy atom. The van der Waals surface area contributed by atoms with Gasteiger partial charge in [0.1, 0.15) is 68.1 Å². The predicted octanol–water partition coefficient (Wildman–Crippen LogP) is 3.18. The van der Waals surface area contributed by atoms with Crippen molar-refractivity contribution in [2.24, 2.45) is 0 Å². The minimum absolute atomic E-state index is 0.0273. The molecule has 0 saturated carbocycles. The van der Waals surface area contributed by atoms with Crippen LogP contribution in [0.25, 0.3) is 0 Å². The topological polar surface area (TPSA) is 362 Å². The molecular formula is C66H74O30. The summed E-state index contributed by atoms with van der Waals surface area (Å²) in [6, 6.07) is 33.7. The molecule has 30 heteroatoms. The normalized spacial score (nSPS) is 33.0. The first-order valence-electron chi connectivity index (χ1n) is 30.7. The molecule has 6 fully saturated rings. The molecule has 0 aliphatic carbocycles. The number of hydrogen-bond acceptors (Lipinski definition) is 30. The maximum atomic E-state index is 14.9. The number of aliphatic hydroxyl groups is 2. The number of hydrogen-bond donors (Lipinski definition) is 2. The fraction of sp³-hybridized carbons (Fsp3) is 0.515. The van der Waals surface area contributed by atoms with E-state index < -0.39 is 196 Å². The van der Waals surface area contributed by atoms with Gasteiger partial charge in [-0.05, 0) is 17.7 Å². The summed E-state index contributed by atoms with van der Waals surface area (Å²) in [5, 5.41) is 25.3. The lowest BCUT2D eigenvalue weighted by Gasteiger charge is -2.54. The van der Waals surface area contributed by atoms with Crippen molar-refractivity contribution in [1.82, 2.24) is 0 Å². The summed E-state index contributed by atoms with van der Waals surface area (Å²) < 4.78 is 125. The van der Waals surface area contributed by atoms with Crippen LogP contribution in [-0.4, -0.2) is 207 Å². The summed E-state index contributed by atoms with van der Waals surface area (Å²) in [4.78, 5) is 106. The Balaban J connectivity index is 1.11. The highest BCUT2D eigenvalue weighted by atomic mass is 16.8. The van der Waals surface area contributed by atoms with E-state index in [-0.39, 0.29) is 25.4 Å². The van der Waals surface area contributed by atoms with Crippen molar-refractivity contribution < 1.29 is 143 Å². The zero-order valence-corrected chi connectivity index (χ0v) is 53.0. The first-order valence-corrected chi connectivity index (χ1v) is 30.7. The van der Waals surface area contributed by atoms with Gasteiger partial charge in [0.2, 0.25) is 12.1 Å². The van der Waals surface area contributed by atoms with Crippen molar-refractivity contribution >= 4 is 47.8 Å². The van der Waals surface area contributed by atoms with E-state index in [1.807, 2.05) is 0 Å². The van der Waals surface area contributed by atoms with E-state index in [2.05, 4.69) is 0 Å². The molecule has 2 N–H and O–H groups in total. The fourth-order valence-electron chi connectivity index (χ4n) is 11.8. The minimum Gasteiger partial charge on any atom is -0.463 e. The molecule has 4 aromatic rings. The molecule has 0 radical (unpaired) electrons. The van der Waals surface area contributed by atoms with Gasteiger partial charge in [0.05, 0.1) is 25.4 Å². The fourth-order valence-corrected chi connectivity index (χ4v) is 11.8.